The molecule has 5 rings (SSSR count). The van der Waals surface area contributed by atoms with E-state index in [2.05, 4.69) is 87.2 Å². The van der Waals surface area contributed by atoms with Crippen molar-refractivity contribution in [3.63, 3.8) is 0 Å². The number of hydrogen-bond donors (Lipinski definition) is 0. The van der Waals surface area contributed by atoms with Crippen molar-refractivity contribution in [1.82, 2.24) is 29.4 Å². The van der Waals surface area contributed by atoms with Crippen LogP contribution in [0.4, 0.5) is 0 Å². The van der Waals surface area contributed by atoms with Gasteiger partial charge < -0.3 is 0 Å². The molecule has 0 aliphatic heterocycles. The molecule has 0 atom stereocenters. The molecule has 0 radical (unpaired) electrons. The van der Waals surface area contributed by atoms with Gasteiger partial charge in [-0.2, -0.15) is 9.61 Å². The SMILES string of the molecule is Cc1ccc(-c2nnc(SCc3cc(=O)n4nc(C)sc4n3)n2-c2ccc(C)cc2)cc1. The molecule has 3 aromatic heterocycles. The highest BCUT2D eigenvalue weighted by molar-refractivity contribution is 7.98. The van der Waals surface area contributed by atoms with Crippen LogP contribution in [0.25, 0.3) is 22.0 Å². The molecule has 2 aromatic carbocycles. The zero-order valence-electron chi connectivity index (χ0n) is 17.8. The summed E-state index contributed by atoms with van der Waals surface area (Å²) in [6.45, 7) is 5.99. The zero-order valence-corrected chi connectivity index (χ0v) is 19.4. The number of rotatable bonds is 5. The predicted molar refractivity (Wildman–Crippen MR) is 128 cm³/mol. The number of benzene rings is 2. The highest BCUT2D eigenvalue weighted by Crippen LogP contribution is 2.30. The van der Waals surface area contributed by atoms with Gasteiger partial charge in [0.05, 0.1) is 5.69 Å². The first-order valence-corrected chi connectivity index (χ1v) is 11.9. The van der Waals surface area contributed by atoms with E-state index in [0.717, 1.165) is 27.2 Å². The molecule has 160 valence electrons. The molecule has 0 spiro atoms. The molecule has 0 fully saturated rings. The van der Waals surface area contributed by atoms with Gasteiger partial charge in [-0.3, -0.25) is 9.36 Å². The molecule has 0 N–H and O–H groups in total. The molecule has 0 aliphatic rings. The van der Waals surface area contributed by atoms with Crippen molar-refractivity contribution >= 4 is 28.1 Å². The fraction of sp³-hybridized carbons (Fsp3) is 0.174. The molecule has 0 saturated heterocycles. The van der Waals surface area contributed by atoms with Gasteiger partial charge in [0, 0.05) is 23.1 Å². The molecule has 0 bridgehead atoms. The van der Waals surface area contributed by atoms with Gasteiger partial charge in [0.25, 0.3) is 5.56 Å². The Labute approximate surface area is 192 Å². The Bertz CT molecular complexity index is 1470. The van der Waals surface area contributed by atoms with Crippen molar-refractivity contribution in [2.75, 3.05) is 0 Å². The maximum Gasteiger partial charge on any atom is 0.275 e. The highest BCUT2D eigenvalue weighted by Gasteiger charge is 2.17. The lowest BCUT2D eigenvalue weighted by Crippen LogP contribution is -2.15. The van der Waals surface area contributed by atoms with Crippen LogP contribution in [0.3, 0.4) is 0 Å². The van der Waals surface area contributed by atoms with Crippen LogP contribution in [0, 0.1) is 20.8 Å². The Kier molecular flexibility index (Phi) is 5.36. The number of aryl methyl sites for hydroxylation is 3. The maximum absolute atomic E-state index is 12.4. The van der Waals surface area contributed by atoms with E-state index in [9.17, 15) is 4.79 Å². The molecular weight excluding hydrogens is 440 g/mol. The second-order valence-electron chi connectivity index (χ2n) is 7.53. The Morgan fingerprint density at radius 3 is 2.34 bits per heavy atom. The second-order valence-corrected chi connectivity index (χ2v) is 9.64. The Morgan fingerprint density at radius 2 is 1.62 bits per heavy atom. The lowest BCUT2D eigenvalue weighted by atomic mass is 10.1. The molecule has 32 heavy (non-hydrogen) atoms. The monoisotopic (exact) mass is 460 g/mol. The van der Waals surface area contributed by atoms with Crippen molar-refractivity contribution in [1.29, 1.82) is 0 Å². The highest BCUT2D eigenvalue weighted by atomic mass is 32.2. The van der Waals surface area contributed by atoms with Gasteiger partial charge in [-0.25, -0.2) is 4.98 Å². The molecule has 9 heteroatoms. The topological polar surface area (TPSA) is 78.0 Å². The van der Waals surface area contributed by atoms with Crippen molar-refractivity contribution in [3.8, 4) is 17.1 Å². The maximum atomic E-state index is 12.4. The summed E-state index contributed by atoms with van der Waals surface area (Å²) in [5.74, 6) is 1.28. The minimum Gasteiger partial charge on any atom is -0.270 e. The Balaban J connectivity index is 1.53. The minimum absolute atomic E-state index is 0.171. The molecular formula is C23H20N6OS2. The van der Waals surface area contributed by atoms with Crippen LogP contribution < -0.4 is 5.56 Å². The quantitative estimate of drug-likeness (QED) is 0.356. The molecule has 0 aliphatic carbocycles. The first-order valence-electron chi connectivity index (χ1n) is 10.1. The molecule has 3 heterocycles. The molecule has 0 unspecified atom stereocenters. The molecule has 5 aromatic rings. The van der Waals surface area contributed by atoms with Crippen LogP contribution in [0.1, 0.15) is 21.8 Å². The first-order chi connectivity index (χ1) is 15.5. The van der Waals surface area contributed by atoms with Crippen molar-refractivity contribution in [2.45, 2.75) is 31.7 Å². The van der Waals surface area contributed by atoms with Crippen LogP contribution in [0.15, 0.2) is 64.5 Å². The van der Waals surface area contributed by atoms with Gasteiger partial charge in [0.15, 0.2) is 11.0 Å². The van der Waals surface area contributed by atoms with Gasteiger partial charge in [-0.1, -0.05) is 70.6 Å². The van der Waals surface area contributed by atoms with E-state index < -0.39 is 0 Å². The molecule has 0 saturated carbocycles. The number of hydrogen-bond acceptors (Lipinski definition) is 7. The van der Waals surface area contributed by atoms with Crippen LogP contribution in [-0.2, 0) is 5.75 Å². The van der Waals surface area contributed by atoms with Gasteiger partial charge in [-0.15, -0.1) is 10.2 Å². The normalized spacial score (nSPS) is 11.3. The van der Waals surface area contributed by atoms with E-state index >= 15 is 0 Å². The van der Waals surface area contributed by atoms with Gasteiger partial charge in [0.2, 0.25) is 4.96 Å². The first kappa shape index (κ1) is 20.6. The average Bonchev–Trinajstić information content (AvgIpc) is 3.37. The van der Waals surface area contributed by atoms with Crippen LogP contribution in [0.5, 0.6) is 0 Å². The summed E-state index contributed by atoms with van der Waals surface area (Å²) in [5.41, 5.74) is 4.88. The number of nitrogens with zero attached hydrogens (tertiary/aromatic N) is 6. The lowest BCUT2D eigenvalue weighted by molar-refractivity contribution is 0.868. The van der Waals surface area contributed by atoms with E-state index in [0.29, 0.717) is 16.4 Å². The van der Waals surface area contributed by atoms with E-state index in [4.69, 9.17) is 0 Å². The van der Waals surface area contributed by atoms with Gasteiger partial charge in [0.1, 0.15) is 5.01 Å². The van der Waals surface area contributed by atoms with Gasteiger partial charge >= 0.3 is 0 Å². The lowest BCUT2D eigenvalue weighted by Gasteiger charge is -2.11. The summed E-state index contributed by atoms with van der Waals surface area (Å²) >= 11 is 2.91. The summed E-state index contributed by atoms with van der Waals surface area (Å²) in [5, 5.41) is 14.7. The predicted octanol–water partition coefficient (Wildman–Crippen LogP) is 4.62. The third-order valence-corrected chi connectivity index (χ3v) is 6.77. The van der Waals surface area contributed by atoms with E-state index in [-0.39, 0.29) is 5.56 Å². The fourth-order valence-electron chi connectivity index (χ4n) is 3.34. The summed E-state index contributed by atoms with van der Waals surface area (Å²) in [7, 11) is 0. The van der Waals surface area contributed by atoms with Crippen LogP contribution in [0.2, 0.25) is 0 Å². The standard InChI is InChI=1S/C23H20N6OS2/c1-14-4-8-17(9-5-14)21-25-26-23(28(21)19-10-6-15(2)7-11-19)31-13-18-12-20(30)29-22(24-18)32-16(3)27-29/h4-12H,13H2,1-3H3. The van der Waals surface area contributed by atoms with Gasteiger partial charge in [-0.05, 0) is 32.9 Å². The van der Waals surface area contributed by atoms with Crippen molar-refractivity contribution in [2.24, 2.45) is 0 Å². The molecule has 7 nitrogen and oxygen atoms in total. The fourth-order valence-corrected chi connectivity index (χ4v) is 4.96. The Hall–Kier alpha value is -3.30. The third kappa shape index (κ3) is 3.96. The summed E-state index contributed by atoms with van der Waals surface area (Å²) < 4.78 is 3.40. The second kappa shape index (κ2) is 8.33. The Morgan fingerprint density at radius 1 is 0.938 bits per heavy atom. The minimum atomic E-state index is -0.171. The zero-order chi connectivity index (χ0) is 22.2. The number of fused-ring (bicyclic) bond motifs is 1. The summed E-state index contributed by atoms with van der Waals surface area (Å²) in [4.78, 5) is 17.6. The van der Waals surface area contributed by atoms with Crippen LogP contribution in [-0.4, -0.2) is 29.4 Å². The summed E-state index contributed by atoms with van der Waals surface area (Å²) in [6.07, 6.45) is 0. The smallest absolute Gasteiger partial charge is 0.270 e. The van der Waals surface area contributed by atoms with E-state index in [1.807, 2.05) is 6.92 Å². The van der Waals surface area contributed by atoms with E-state index in [1.54, 1.807) is 0 Å². The average molecular weight is 461 g/mol. The number of thioether (sulfide) groups is 1. The summed E-state index contributed by atoms with van der Waals surface area (Å²) in [6, 6.07) is 18.1. The molecule has 0 amide bonds. The van der Waals surface area contributed by atoms with Crippen molar-refractivity contribution < 1.29 is 0 Å². The number of aromatic nitrogens is 6. The van der Waals surface area contributed by atoms with E-state index in [1.165, 1.54) is 44.8 Å². The largest absolute Gasteiger partial charge is 0.275 e. The third-order valence-electron chi connectivity index (χ3n) is 4.98. The van der Waals surface area contributed by atoms with Crippen molar-refractivity contribution in [3.05, 3.63) is 86.8 Å². The van der Waals surface area contributed by atoms with Crippen LogP contribution >= 0.6 is 23.1 Å².